The summed E-state index contributed by atoms with van der Waals surface area (Å²) in [5, 5.41) is 3.54. The molecule has 0 spiro atoms. The largest absolute Gasteiger partial charge is 0.381 e. The average Bonchev–Trinajstić information content (AvgIpc) is 2.79. The smallest absolute Gasteiger partial charge is 0.0517 e. The van der Waals surface area contributed by atoms with Gasteiger partial charge in [-0.1, -0.05) is 6.42 Å². The van der Waals surface area contributed by atoms with Crippen LogP contribution in [0.1, 0.15) is 32.1 Å². The molecular weight excluding hydrogens is 190 g/mol. The normalized spacial score (nSPS) is 32.0. The third-order valence-electron chi connectivity index (χ3n) is 3.40. The number of rotatable bonds is 5. The topological polar surface area (TPSA) is 30.5 Å². The zero-order valence-corrected chi connectivity index (χ0v) is 9.54. The van der Waals surface area contributed by atoms with E-state index >= 15 is 0 Å². The summed E-state index contributed by atoms with van der Waals surface area (Å²) in [5.41, 5.74) is 0. The van der Waals surface area contributed by atoms with Crippen molar-refractivity contribution in [3.05, 3.63) is 0 Å². The summed E-state index contributed by atoms with van der Waals surface area (Å²) < 4.78 is 11.0. The van der Waals surface area contributed by atoms with Crippen molar-refractivity contribution in [2.24, 2.45) is 5.92 Å². The molecule has 0 aromatic rings. The molecule has 0 aromatic carbocycles. The molecule has 2 fully saturated rings. The van der Waals surface area contributed by atoms with E-state index in [2.05, 4.69) is 5.32 Å². The summed E-state index contributed by atoms with van der Waals surface area (Å²) in [5.74, 6) is 0.657. The summed E-state index contributed by atoms with van der Waals surface area (Å²) in [6, 6.07) is 0.707. The third kappa shape index (κ3) is 4.09. The minimum atomic E-state index is 0.657. The molecule has 2 aliphatic rings. The van der Waals surface area contributed by atoms with E-state index in [1.165, 1.54) is 38.6 Å². The van der Waals surface area contributed by atoms with Crippen LogP contribution in [0.15, 0.2) is 0 Å². The molecule has 88 valence electrons. The highest BCUT2D eigenvalue weighted by atomic mass is 16.5. The van der Waals surface area contributed by atoms with Crippen molar-refractivity contribution < 1.29 is 9.47 Å². The van der Waals surface area contributed by atoms with Crippen molar-refractivity contribution in [3.63, 3.8) is 0 Å². The average molecular weight is 213 g/mol. The molecule has 0 saturated carbocycles. The lowest BCUT2D eigenvalue weighted by Gasteiger charge is -2.23. The number of hydrogen-bond acceptors (Lipinski definition) is 3. The van der Waals surface area contributed by atoms with Gasteiger partial charge in [0.25, 0.3) is 0 Å². The van der Waals surface area contributed by atoms with Crippen LogP contribution in [0.5, 0.6) is 0 Å². The Hall–Kier alpha value is -0.120. The lowest BCUT2D eigenvalue weighted by molar-refractivity contribution is 0.0818. The molecule has 0 aromatic heterocycles. The summed E-state index contributed by atoms with van der Waals surface area (Å²) >= 11 is 0. The maximum absolute atomic E-state index is 5.70. The van der Waals surface area contributed by atoms with Crippen molar-refractivity contribution >= 4 is 0 Å². The molecule has 15 heavy (non-hydrogen) atoms. The minimum absolute atomic E-state index is 0.657. The maximum Gasteiger partial charge on any atom is 0.0517 e. The first-order chi connectivity index (χ1) is 7.45. The van der Waals surface area contributed by atoms with Gasteiger partial charge in [0, 0.05) is 25.2 Å². The predicted molar refractivity (Wildman–Crippen MR) is 60.0 cm³/mol. The van der Waals surface area contributed by atoms with E-state index in [1.54, 1.807) is 0 Å². The molecular formula is C12H23NO2. The molecule has 0 radical (unpaired) electrons. The Morgan fingerprint density at radius 3 is 3.00 bits per heavy atom. The summed E-state index contributed by atoms with van der Waals surface area (Å²) in [6.07, 6.45) is 6.41. The fourth-order valence-electron chi connectivity index (χ4n) is 2.36. The van der Waals surface area contributed by atoms with Gasteiger partial charge in [-0.3, -0.25) is 0 Å². The van der Waals surface area contributed by atoms with E-state index in [1.807, 2.05) is 0 Å². The van der Waals surface area contributed by atoms with E-state index in [0.29, 0.717) is 12.0 Å². The van der Waals surface area contributed by atoms with Crippen molar-refractivity contribution in [2.75, 3.05) is 33.0 Å². The lowest BCUT2D eigenvalue weighted by Crippen LogP contribution is -2.34. The molecule has 2 saturated heterocycles. The summed E-state index contributed by atoms with van der Waals surface area (Å²) in [4.78, 5) is 0. The monoisotopic (exact) mass is 213 g/mol. The predicted octanol–water partition coefficient (Wildman–Crippen LogP) is 1.57. The Kier molecular flexibility index (Phi) is 4.90. The lowest BCUT2D eigenvalue weighted by atomic mass is 10.0. The second-order valence-electron chi connectivity index (χ2n) is 4.74. The van der Waals surface area contributed by atoms with Gasteiger partial charge in [0.2, 0.25) is 0 Å². The first kappa shape index (κ1) is 11.4. The fourth-order valence-corrected chi connectivity index (χ4v) is 2.36. The molecule has 2 atom stereocenters. The van der Waals surface area contributed by atoms with Crippen LogP contribution < -0.4 is 5.32 Å². The number of hydrogen-bond donors (Lipinski definition) is 1. The Balaban J connectivity index is 1.47. The molecule has 3 heteroatoms. The van der Waals surface area contributed by atoms with Crippen LogP contribution in [0, 0.1) is 5.92 Å². The minimum Gasteiger partial charge on any atom is -0.381 e. The van der Waals surface area contributed by atoms with Gasteiger partial charge in [0.1, 0.15) is 0 Å². The van der Waals surface area contributed by atoms with Gasteiger partial charge < -0.3 is 14.8 Å². The number of ether oxygens (including phenoxy) is 2. The molecule has 2 aliphatic heterocycles. The van der Waals surface area contributed by atoms with E-state index < -0.39 is 0 Å². The second-order valence-corrected chi connectivity index (χ2v) is 4.74. The van der Waals surface area contributed by atoms with Crippen LogP contribution in [-0.2, 0) is 9.47 Å². The molecule has 0 amide bonds. The molecule has 2 unspecified atom stereocenters. The second kappa shape index (κ2) is 6.46. The first-order valence-electron chi connectivity index (χ1n) is 6.34. The highest BCUT2D eigenvalue weighted by molar-refractivity contribution is 4.71. The van der Waals surface area contributed by atoms with Crippen LogP contribution in [0.4, 0.5) is 0 Å². The number of nitrogens with one attached hydrogen (secondary N) is 1. The summed E-state index contributed by atoms with van der Waals surface area (Å²) in [6.45, 7) is 4.84. The van der Waals surface area contributed by atoms with Crippen LogP contribution in [0.3, 0.4) is 0 Å². The van der Waals surface area contributed by atoms with Gasteiger partial charge in [-0.25, -0.2) is 0 Å². The Bertz CT molecular complexity index is 163. The van der Waals surface area contributed by atoms with Crippen molar-refractivity contribution in [3.8, 4) is 0 Å². The molecule has 3 nitrogen and oxygen atoms in total. The molecule has 2 heterocycles. The van der Waals surface area contributed by atoms with Gasteiger partial charge in [0.05, 0.1) is 13.2 Å². The Labute approximate surface area is 92.5 Å². The molecule has 1 N–H and O–H groups in total. The molecule has 2 rings (SSSR count). The molecule has 0 bridgehead atoms. The Morgan fingerprint density at radius 1 is 1.27 bits per heavy atom. The van der Waals surface area contributed by atoms with E-state index in [-0.39, 0.29) is 0 Å². The highest BCUT2D eigenvalue weighted by Gasteiger charge is 2.16. The zero-order chi connectivity index (χ0) is 10.3. The SMILES string of the molecule is C1CCC(CCOCC2CCOC2)NC1. The summed E-state index contributed by atoms with van der Waals surface area (Å²) in [7, 11) is 0. The number of piperidine rings is 1. The van der Waals surface area contributed by atoms with Crippen molar-refractivity contribution in [1.82, 2.24) is 5.32 Å². The van der Waals surface area contributed by atoms with Crippen molar-refractivity contribution in [2.45, 2.75) is 38.1 Å². The van der Waals surface area contributed by atoms with Gasteiger partial charge >= 0.3 is 0 Å². The van der Waals surface area contributed by atoms with Crippen LogP contribution in [-0.4, -0.2) is 39.0 Å². The van der Waals surface area contributed by atoms with Gasteiger partial charge in [-0.05, 0) is 32.2 Å². The van der Waals surface area contributed by atoms with Gasteiger partial charge in [0.15, 0.2) is 0 Å². The zero-order valence-electron chi connectivity index (χ0n) is 9.54. The van der Waals surface area contributed by atoms with Gasteiger partial charge in [-0.2, -0.15) is 0 Å². The molecule has 0 aliphatic carbocycles. The van der Waals surface area contributed by atoms with Gasteiger partial charge in [-0.15, -0.1) is 0 Å². The van der Waals surface area contributed by atoms with Crippen LogP contribution in [0.2, 0.25) is 0 Å². The fraction of sp³-hybridized carbons (Fsp3) is 1.00. The van der Waals surface area contributed by atoms with E-state index in [0.717, 1.165) is 26.4 Å². The Morgan fingerprint density at radius 2 is 2.27 bits per heavy atom. The van der Waals surface area contributed by atoms with Crippen molar-refractivity contribution in [1.29, 1.82) is 0 Å². The third-order valence-corrected chi connectivity index (χ3v) is 3.40. The van der Waals surface area contributed by atoms with Crippen LogP contribution in [0.25, 0.3) is 0 Å². The van der Waals surface area contributed by atoms with Crippen LogP contribution >= 0.6 is 0 Å². The standard InChI is InChI=1S/C12H23NO2/c1-2-6-13-12(3-1)5-8-15-10-11-4-7-14-9-11/h11-13H,1-10H2. The van der Waals surface area contributed by atoms with E-state index in [4.69, 9.17) is 9.47 Å². The van der Waals surface area contributed by atoms with E-state index in [9.17, 15) is 0 Å². The quantitative estimate of drug-likeness (QED) is 0.703. The first-order valence-corrected chi connectivity index (χ1v) is 6.34. The highest BCUT2D eigenvalue weighted by Crippen LogP contribution is 2.13. The maximum atomic E-state index is 5.70.